The minimum absolute atomic E-state index is 0.108. The van der Waals surface area contributed by atoms with Crippen molar-refractivity contribution in [2.75, 3.05) is 25.1 Å². The van der Waals surface area contributed by atoms with Gasteiger partial charge in [-0.1, -0.05) is 15.9 Å². The number of halogens is 1. The van der Waals surface area contributed by atoms with Gasteiger partial charge in [0.05, 0.1) is 18.7 Å². The molecule has 3 aromatic rings. The molecule has 0 aliphatic carbocycles. The van der Waals surface area contributed by atoms with Gasteiger partial charge in [0.1, 0.15) is 25.9 Å². The van der Waals surface area contributed by atoms with Crippen molar-refractivity contribution in [2.45, 2.75) is 6.42 Å². The third-order valence-electron chi connectivity index (χ3n) is 4.34. The summed E-state index contributed by atoms with van der Waals surface area (Å²) in [6.45, 7) is 0.837. The molecular weight excluding hydrogens is 454 g/mol. The third kappa shape index (κ3) is 4.77. The van der Waals surface area contributed by atoms with E-state index >= 15 is 0 Å². The summed E-state index contributed by atoms with van der Waals surface area (Å²) in [5, 5.41) is 9.41. The third-order valence-corrected chi connectivity index (χ3v) is 5.08. The van der Waals surface area contributed by atoms with Crippen LogP contribution in [-0.2, 0) is 16.0 Å². The molecule has 2 amide bonds. The molecule has 10 heteroatoms. The Morgan fingerprint density at radius 3 is 2.50 bits per heavy atom. The van der Waals surface area contributed by atoms with Crippen molar-refractivity contribution < 1.29 is 19.1 Å². The molecule has 1 aliphatic heterocycles. The lowest BCUT2D eigenvalue weighted by Gasteiger charge is -2.19. The van der Waals surface area contributed by atoms with Gasteiger partial charge in [-0.2, -0.15) is 5.10 Å². The normalized spacial score (nSPS) is 12.3. The first-order valence-corrected chi connectivity index (χ1v) is 9.97. The first-order valence-electron chi connectivity index (χ1n) is 9.18. The molecule has 1 aliphatic rings. The van der Waals surface area contributed by atoms with Gasteiger partial charge in [-0.15, -0.1) is 0 Å². The van der Waals surface area contributed by atoms with Gasteiger partial charge in [0.15, 0.2) is 11.5 Å². The second-order valence-corrected chi connectivity index (χ2v) is 7.33. The number of aromatic nitrogens is 3. The van der Waals surface area contributed by atoms with E-state index in [-0.39, 0.29) is 24.8 Å². The van der Waals surface area contributed by atoms with Crippen molar-refractivity contribution in [1.29, 1.82) is 0 Å². The maximum atomic E-state index is 12.3. The maximum absolute atomic E-state index is 12.3. The molecule has 1 aromatic heterocycles. The zero-order valence-electron chi connectivity index (χ0n) is 15.8. The van der Waals surface area contributed by atoms with E-state index in [1.165, 1.54) is 6.33 Å². The number of amides is 2. The molecule has 2 N–H and O–H groups in total. The monoisotopic (exact) mass is 471 g/mol. The van der Waals surface area contributed by atoms with Crippen LogP contribution in [0, 0.1) is 0 Å². The smallest absolute Gasteiger partial charge is 0.243 e. The molecule has 0 radical (unpaired) electrons. The highest BCUT2D eigenvalue weighted by Gasteiger charge is 2.17. The van der Waals surface area contributed by atoms with Crippen LogP contribution in [0.3, 0.4) is 0 Å². The first-order chi connectivity index (χ1) is 14.6. The van der Waals surface area contributed by atoms with E-state index in [4.69, 9.17) is 9.47 Å². The van der Waals surface area contributed by atoms with Gasteiger partial charge in [0, 0.05) is 10.2 Å². The number of rotatable bonds is 6. The molecule has 0 saturated heterocycles. The summed E-state index contributed by atoms with van der Waals surface area (Å²) in [5.74, 6) is 0.660. The van der Waals surface area contributed by atoms with Crippen LogP contribution in [0.15, 0.2) is 53.5 Å². The molecule has 154 valence electrons. The Balaban J connectivity index is 1.28. The molecule has 30 heavy (non-hydrogen) atoms. The van der Waals surface area contributed by atoms with E-state index in [0.29, 0.717) is 30.4 Å². The topological polar surface area (TPSA) is 107 Å². The highest BCUT2D eigenvalue weighted by atomic mass is 79.9. The molecule has 0 spiro atoms. The van der Waals surface area contributed by atoms with Gasteiger partial charge < -0.3 is 20.1 Å². The van der Waals surface area contributed by atoms with E-state index in [2.05, 4.69) is 36.6 Å². The fraction of sp³-hybridized carbons (Fsp3) is 0.200. The van der Waals surface area contributed by atoms with E-state index in [1.807, 2.05) is 12.1 Å². The summed E-state index contributed by atoms with van der Waals surface area (Å²) in [6.07, 6.45) is 3.14. The number of ether oxygens (including phenoxy) is 2. The Kier molecular flexibility index (Phi) is 5.94. The van der Waals surface area contributed by atoms with Crippen LogP contribution in [0.4, 0.5) is 5.69 Å². The molecule has 2 aromatic carbocycles. The summed E-state index contributed by atoms with van der Waals surface area (Å²) in [7, 11) is 0. The van der Waals surface area contributed by atoms with Crippen molar-refractivity contribution in [3.05, 3.63) is 59.1 Å². The van der Waals surface area contributed by atoms with Gasteiger partial charge in [-0.3, -0.25) is 9.59 Å². The van der Waals surface area contributed by atoms with E-state index < -0.39 is 0 Å². The van der Waals surface area contributed by atoms with Crippen LogP contribution in [0.5, 0.6) is 11.5 Å². The largest absolute Gasteiger partial charge is 0.486 e. The fourth-order valence-electron chi connectivity index (χ4n) is 2.90. The summed E-state index contributed by atoms with van der Waals surface area (Å²) < 4.78 is 13.4. The van der Waals surface area contributed by atoms with Gasteiger partial charge in [0.25, 0.3) is 0 Å². The molecule has 0 atom stereocenters. The van der Waals surface area contributed by atoms with Crippen molar-refractivity contribution in [1.82, 2.24) is 20.1 Å². The molecule has 2 heterocycles. The summed E-state index contributed by atoms with van der Waals surface area (Å²) in [5.41, 5.74) is 2.19. The zero-order chi connectivity index (χ0) is 20.9. The minimum Gasteiger partial charge on any atom is -0.486 e. The second-order valence-electron chi connectivity index (χ2n) is 6.48. The molecule has 0 saturated carbocycles. The molecule has 9 nitrogen and oxygen atoms in total. The highest BCUT2D eigenvalue weighted by molar-refractivity contribution is 9.10. The quantitative estimate of drug-likeness (QED) is 0.569. The predicted octanol–water partition coefficient (Wildman–Crippen LogP) is 2.10. The predicted molar refractivity (Wildman–Crippen MR) is 112 cm³/mol. The molecule has 0 bridgehead atoms. The SMILES string of the molecule is O=C(Cc1cc2c(cc1Br)OCCO2)NCC(=O)Nc1ccc(-n2cncn2)cc1. The minimum atomic E-state index is -0.321. The number of fused-ring (bicyclic) bond motifs is 1. The number of nitrogens with zero attached hydrogens (tertiary/aromatic N) is 3. The van der Waals surface area contributed by atoms with Gasteiger partial charge >= 0.3 is 0 Å². The van der Waals surface area contributed by atoms with Crippen molar-refractivity contribution in [3.8, 4) is 17.2 Å². The average molecular weight is 472 g/mol. The van der Waals surface area contributed by atoms with E-state index in [1.54, 1.807) is 35.3 Å². The Labute approximate surface area is 180 Å². The fourth-order valence-corrected chi connectivity index (χ4v) is 3.36. The second kappa shape index (κ2) is 8.95. The lowest BCUT2D eigenvalue weighted by Crippen LogP contribution is -2.33. The lowest BCUT2D eigenvalue weighted by molar-refractivity contribution is -0.123. The van der Waals surface area contributed by atoms with Crippen LogP contribution in [0.25, 0.3) is 5.69 Å². The van der Waals surface area contributed by atoms with Crippen LogP contribution >= 0.6 is 15.9 Å². The van der Waals surface area contributed by atoms with Crippen molar-refractivity contribution in [3.63, 3.8) is 0 Å². The Bertz CT molecular complexity index is 1050. The summed E-state index contributed by atoms with van der Waals surface area (Å²) in [6, 6.07) is 10.7. The average Bonchev–Trinajstić information content (AvgIpc) is 3.28. The number of benzene rings is 2. The number of carbonyl (C=O) groups is 2. The molecular formula is C20H18BrN5O4. The number of hydrogen-bond donors (Lipinski definition) is 2. The Morgan fingerprint density at radius 2 is 1.80 bits per heavy atom. The van der Waals surface area contributed by atoms with E-state index in [0.717, 1.165) is 15.7 Å². The van der Waals surface area contributed by atoms with Crippen LogP contribution in [-0.4, -0.2) is 46.3 Å². The number of hydrogen-bond acceptors (Lipinski definition) is 6. The number of nitrogens with one attached hydrogen (secondary N) is 2. The Morgan fingerprint density at radius 1 is 1.07 bits per heavy atom. The maximum Gasteiger partial charge on any atom is 0.243 e. The Hall–Kier alpha value is -3.40. The number of anilines is 1. The standard InChI is InChI=1S/C20H18BrN5O4/c21-16-9-18-17(29-5-6-30-18)7-13(16)8-19(27)23-10-20(28)25-14-1-3-15(4-2-14)26-12-22-11-24-26/h1-4,7,9,11-12H,5-6,8,10H2,(H,23,27)(H,25,28). The van der Waals surface area contributed by atoms with Gasteiger partial charge in [-0.05, 0) is 42.0 Å². The van der Waals surface area contributed by atoms with E-state index in [9.17, 15) is 9.59 Å². The lowest BCUT2D eigenvalue weighted by atomic mass is 10.1. The first kappa shape index (κ1) is 19.9. The van der Waals surface area contributed by atoms with Crippen LogP contribution < -0.4 is 20.1 Å². The molecule has 0 fully saturated rings. The van der Waals surface area contributed by atoms with Gasteiger partial charge in [-0.25, -0.2) is 9.67 Å². The van der Waals surface area contributed by atoms with Gasteiger partial charge in [0.2, 0.25) is 11.8 Å². The summed E-state index contributed by atoms with van der Waals surface area (Å²) in [4.78, 5) is 28.3. The van der Waals surface area contributed by atoms with Crippen LogP contribution in [0.2, 0.25) is 0 Å². The molecule has 0 unspecified atom stereocenters. The zero-order valence-corrected chi connectivity index (χ0v) is 17.4. The summed E-state index contributed by atoms with van der Waals surface area (Å²) >= 11 is 3.44. The van der Waals surface area contributed by atoms with Crippen molar-refractivity contribution >= 4 is 33.4 Å². The van der Waals surface area contributed by atoms with Crippen molar-refractivity contribution in [2.24, 2.45) is 0 Å². The molecule has 4 rings (SSSR count). The van der Waals surface area contributed by atoms with Crippen LogP contribution in [0.1, 0.15) is 5.56 Å². The highest BCUT2D eigenvalue weighted by Crippen LogP contribution is 2.35. The number of carbonyl (C=O) groups excluding carboxylic acids is 2.